The van der Waals surface area contributed by atoms with E-state index in [1.165, 1.54) is 31.4 Å². The lowest BCUT2D eigenvalue weighted by molar-refractivity contribution is 0.170. The van der Waals surface area contributed by atoms with Crippen LogP contribution in [0.25, 0.3) is 0 Å². The van der Waals surface area contributed by atoms with E-state index in [4.69, 9.17) is 0 Å². The van der Waals surface area contributed by atoms with Gasteiger partial charge in [0.2, 0.25) is 0 Å². The second-order valence-electron chi connectivity index (χ2n) is 7.61. The van der Waals surface area contributed by atoms with Gasteiger partial charge in [0.1, 0.15) is 5.82 Å². The molecule has 2 atom stereocenters. The molecule has 0 bridgehead atoms. The molecule has 2 amide bonds. The number of benzene rings is 1. The lowest BCUT2D eigenvalue weighted by atomic mass is 10.1. The summed E-state index contributed by atoms with van der Waals surface area (Å²) in [5, 5.41) is 6.01. The number of amides is 2. The van der Waals surface area contributed by atoms with E-state index in [0.717, 1.165) is 38.3 Å². The van der Waals surface area contributed by atoms with Gasteiger partial charge in [0.15, 0.2) is 0 Å². The van der Waals surface area contributed by atoms with Gasteiger partial charge in [-0.3, -0.25) is 4.90 Å². The third kappa shape index (κ3) is 5.34. The number of carbonyl (C=O) groups excluding carboxylic acids is 1. The van der Waals surface area contributed by atoms with E-state index in [1.807, 2.05) is 12.1 Å². The lowest BCUT2D eigenvalue weighted by Crippen LogP contribution is -2.47. The van der Waals surface area contributed by atoms with Gasteiger partial charge < -0.3 is 15.5 Å². The minimum absolute atomic E-state index is 0.0749. The van der Waals surface area contributed by atoms with Crippen molar-refractivity contribution < 1.29 is 9.18 Å². The third-order valence-corrected chi connectivity index (χ3v) is 5.60. The largest absolute Gasteiger partial charge is 0.371 e. The highest BCUT2D eigenvalue weighted by atomic mass is 19.1. The van der Waals surface area contributed by atoms with Crippen molar-refractivity contribution in [3.63, 3.8) is 0 Å². The molecule has 0 radical (unpaired) electrons. The summed E-state index contributed by atoms with van der Waals surface area (Å²) in [4.78, 5) is 16.8. The van der Waals surface area contributed by atoms with Gasteiger partial charge in [-0.1, -0.05) is 6.42 Å². The van der Waals surface area contributed by atoms with Crippen LogP contribution in [-0.2, 0) is 0 Å². The van der Waals surface area contributed by atoms with Crippen molar-refractivity contribution in [2.24, 2.45) is 5.92 Å². The number of halogens is 1. The molecule has 2 aliphatic rings. The van der Waals surface area contributed by atoms with Crippen LogP contribution >= 0.6 is 0 Å². The van der Waals surface area contributed by atoms with Crippen molar-refractivity contribution in [3.8, 4) is 0 Å². The Morgan fingerprint density at radius 3 is 2.62 bits per heavy atom. The number of piperidine rings is 1. The zero-order valence-electron chi connectivity index (χ0n) is 15.7. The maximum atomic E-state index is 13.0. The molecule has 26 heavy (non-hydrogen) atoms. The van der Waals surface area contributed by atoms with Crippen LogP contribution in [-0.4, -0.2) is 56.2 Å². The van der Waals surface area contributed by atoms with Crippen molar-refractivity contribution in [1.82, 2.24) is 15.5 Å². The summed E-state index contributed by atoms with van der Waals surface area (Å²) in [5.74, 6) is 0.229. The summed E-state index contributed by atoms with van der Waals surface area (Å²) in [6.45, 7) is 7.70. The molecule has 6 heteroatoms. The van der Waals surface area contributed by atoms with Crippen molar-refractivity contribution in [3.05, 3.63) is 30.1 Å². The first kappa shape index (κ1) is 19.0. The normalized spacial score (nSPS) is 22.2. The molecule has 2 N–H and O–H groups in total. The van der Waals surface area contributed by atoms with Crippen molar-refractivity contribution in [1.29, 1.82) is 0 Å². The summed E-state index contributed by atoms with van der Waals surface area (Å²) in [6, 6.07) is 6.95. The van der Waals surface area contributed by atoms with Gasteiger partial charge in [0, 0.05) is 37.9 Å². The molecule has 0 spiro atoms. The van der Waals surface area contributed by atoms with Crippen LogP contribution in [0.3, 0.4) is 0 Å². The Morgan fingerprint density at radius 2 is 1.88 bits per heavy atom. The van der Waals surface area contributed by atoms with E-state index in [0.29, 0.717) is 25.0 Å². The smallest absolute Gasteiger partial charge is 0.314 e. The summed E-state index contributed by atoms with van der Waals surface area (Å²) < 4.78 is 13.0. The van der Waals surface area contributed by atoms with E-state index >= 15 is 0 Å². The molecule has 1 aromatic rings. The van der Waals surface area contributed by atoms with E-state index in [-0.39, 0.29) is 11.8 Å². The first-order chi connectivity index (χ1) is 12.6. The minimum atomic E-state index is -0.207. The number of carbonyl (C=O) groups is 1. The summed E-state index contributed by atoms with van der Waals surface area (Å²) in [7, 11) is 0. The first-order valence-electron chi connectivity index (χ1n) is 9.88. The zero-order valence-corrected chi connectivity index (χ0v) is 15.7. The van der Waals surface area contributed by atoms with E-state index in [1.54, 1.807) is 0 Å². The molecular weight excluding hydrogens is 331 g/mol. The van der Waals surface area contributed by atoms with Crippen LogP contribution in [0.2, 0.25) is 0 Å². The minimum Gasteiger partial charge on any atom is -0.371 e. The van der Waals surface area contributed by atoms with Crippen LogP contribution in [0.5, 0.6) is 0 Å². The van der Waals surface area contributed by atoms with Gasteiger partial charge in [0.25, 0.3) is 0 Å². The summed E-state index contributed by atoms with van der Waals surface area (Å²) >= 11 is 0. The Balaban J connectivity index is 1.34. The highest BCUT2D eigenvalue weighted by molar-refractivity contribution is 5.73. The van der Waals surface area contributed by atoms with Gasteiger partial charge in [-0.2, -0.15) is 0 Å². The molecule has 144 valence electrons. The number of likely N-dealkylation sites (tertiary alicyclic amines) is 1. The Morgan fingerprint density at radius 1 is 1.15 bits per heavy atom. The maximum absolute atomic E-state index is 13.0. The number of urea groups is 1. The molecule has 2 fully saturated rings. The van der Waals surface area contributed by atoms with Gasteiger partial charge in [-0.15, -0.1) is 0 Å². The Labute approximate surface area is 155 Å². The van der Waals surface area contributed by atoms with Crippen LogP contribution < -0.4 is 15.5 Å². The fourth-order valence-corrected chi connectivity index (χ4v) is 3.91. The molecule has 0 saturated carbocycles. The monoisotopic (exact) mass is 362 g/mol. The summed E-state index contributed by atoms with van der Waals surface area (Å²) in [5.41, 5.74) is 1.05. The number of hydrogen-bond acceptors (Lipinski definition) is 3. The second kappa shape index (κ2) is 9.21. The SMILES string of the molecule is C[C@@H](CNC(=O)NC[C@@H]1CCN(c2ccc(F)cc2)C1)N1CCCCC1. The van der Waals surface area contributed by atoms with Crippen molar-refractivity contribution in [2.45, 2.75) is 38.6 Å². The van der Waals surface area contributed by atoms with Crippen molar-refractivity contribution >= 4 is 11.7 Å². The topological polar surface area (TPSA) is 47.6 Å². The number of rotatable bonds is 6. The second-order valence-corrected chi connectivity index (χ2v) is 7.61. The lowest BCUT2D eigenvalue weighted by Gasteiger charge is -2.32. The molecule has 5 nitrogen and oxygen atoms in total. The standard InChI is InChI=1S/C20H31FN4O/c1-16(24-10-3-2-4-11-24)13-22-20(26)23-14-17-9-12-25(15-17)19-7-5-18(21)6-8-19/h5-8,16-17H,2-4,9-15H2,1H3,(H2,22,23,26)/t16-,17-/m0/s1. The molecule has 2 heterocycles. The van der Waals surface area contributed by atoms with Crippen LogP contribution in [0.15, 0.2) is 24.3 Å². The molecule has 2 saturated heterocycles. The van der Waals surface area contributed by atoms with E-state index < -0.39 is 0 Å². The number of nitrogens with one attached hydrogen (secondary N) is 2. The number of nitrogens with zero attached hydrogens (tertiary/aromatic N) is 2. The van der Waals surface area contributed by atoms with Crippen LogP contribution in [0.1, 0.15) is 32.6 Å². The van der Waals surface area contributed by atoms with Gasteiger partial charge >= 0.3 is 6.03 Å². The summed E-state index contributed by atoms with van der Waals surface area (Å²) in [6.07, 6.45) is 4.90. The first-order valence-corrected chi connectivity index (χ1v) is 9.88. The quantitative estimate of drug-likeness (QED) is 0.818. The maximum Gasteiger partial charge on any atom is 0.314 e. The van der Waals surface area contributed by atoms with Crippen molar-refractivity contribution in [2.75, 3.05) is 44.2 Å². The molecule has 0 aliphatic carbocycles. The Hall–Kier alpha value is -1.82. The molecule has 3 rings (SSSR count). The van der Waals surface area contributed by atoms with E-state index in [2.05, 4.69) is 27.4 Å². The molecule has 0 aromatic heterocycles. The predicted molar refractivity (Wildman–Crippen MR) is 103 cm³/mol. The van der Waals surface area contributed by atoms with Gasteiger partial charge in [0.05, 0.1) is 0 Å². The number of hydrogen-bond donors (Lipinski definition) is 2. The highest BCUT2D eigenvalue weighted by Gasteiger charge is 2.23. The average molecular weight is 362 g/mol. The van der Waals surface area contributed by atoms with Gasteiger partial charge in [-0.25, -0.2) is 9.18 Å². The molecule has 1 aromatic carbocycles. The fourth-order valence-electron chi connectivity index (χ4n) is 3.91. The molecule has 0 unspecified atom stereocenters. The Bertz CT molecular complexity index is 574. The highest BCUT2D eigenvalue weighted by Crippen LogP contribution is 2.23. The van der Waals surface area contributed by atoms with Crippen LogP contribution in [0.4, 0.5) is 14.9 Å². The van der Waals surface area contributed by atoms with Gasteiger partial charge in [-0.05, 0) is 69.5 Å². The fraction of sp³-hybridized carbons (Fsp3) is 0.650. The van der Waals surface area contributed by atoms with E-state index in [9.17, 15) is 9.18 Å². The number of anilines is 1. The third-order valence-electron chi connectivity index (χ3n) is 5.60. The molecular formula is C20H31FN4O. The average Bonchev–Trinajstić information content (AvgIpc) is 3.14. The Kier molecular flexibility index (Phi) is 6.72. The van der Waals surface area contributed by atoms with Crippen LogP contribution in [0, 0.1) is 11.7 Å². The predicted octanol–water partition coefficient (Wildman–Crippen LogP) is 2.83. The molecule has 2 aliphatic heterocycles. The zero-order chi connectivity index (χ0) is 18.4.